The molecule has 2 aliphatic heterocycles. The topological polar surface area (TPSA) is 39.1 Å². The van der Waals surface area contributed by atoms with E-state index >= 15 is 0 Å². The Bertz CT molecular complexity index is 670. The summed E-state index contributed by atoms with van der Waals surface area (Å²) in [4.78, 5) is 3.72. The molecule has 3 nitrogen and oxygen atoms in total. The zero-order valence-corrected chi connectivity index (χ0v) is 12.1. The second kappa shape index (κ2) is 4.72. The number of benzene rings is 1. The highest BCUT2D eigenvalue weighted by atomic mass is 32.1. The second-order valence-electron chi connectivity index (χ2n) is 5.50. The molecule has 0 aliphatic carbocycles. The van der Waals surface area contributed by atoms with Gasteiger partial charge in [0.05, 0.1) is 12.3 Å². The molecule has 1 aromatic heterocycles. The fraction of sp³-hybridized carbons (Fsp3) is 0.312. The summed E-state index contributed by atoms with van der Waals surface area (Å²) in [5.74, 6) is 0. The summed E-state index contributed by atoms with van der Waals surface area (Å²) < 4.78 is 0. The van der Waals surface area contributed by atoms with Gasteiger partial charge in [-0.25, -0.2) is 0 Å². The minimum absolute atomic E-state index is 0.650. The molecule has 0 spiro atoms. The Kier molecular flexibility index (Phi) is 2.86. The standard InChI is InChI=1S/C16H17N3S/c17-16-12-3-2-11(10-19-5-1-6-19)8-14(12)18-9-15-13(16)4-7-20-15/h2-4,7-8,17-18H,1,5-6,9-10H2. The molecule has 0 radical (unpaired) electrons. The van der Waals surface area contributed by atoms with Crippen molar-refractivity contribution in [1.29, 1.82) is 5.41 Å². The van der Waals surface area contributed by atoms with Crippen LogP contribution in [0.1, 0.15) is 28.0 Å². The van der Waals surface area contributed by atoms with Gasteiger partial charge in [-0.05, 0) is 42.6 Å². The normalized spacial score (nSPS) is 17.7. The lowest BCUT2D eigenvalue weighted by Crippen LogP contribution is -2.36. The van der Waals surface area contributed by atoms with Gasteiger partial charge in [0.2, 0.25) is 0 Å². The molecule has 0 saturated carbocycles. The zero-order valence-electron chi connectivity index (χ0n) is 11.3. The molecule has 3 heterocycles. The van der Waals surface area contributed by atoms with Crippen molar-refractivity contribution in [2.45, 2.75) is 19.5 Å². The Morgan fingerprint density at radius 1 is 1.20 bits per heavy atom. The van der Waals surface area contributed by atoms with Crippen LogP contribution in [0.4, 0.5) is 5.69 Å². The van der Waals surface area contributed by atoms with E-state index < -0.39 is 0 Å². The third-order valence-corrected chi connectivity index (χ3v) is 5.08. The van der Waals surface area contributed by atoms with Crippen molar-refractivity contribution in [2.75, 3.05) is 18.4 Å². The summed E-state index contributed by atoms with van der Waals surface area (Å²) in [5, 5.41) is 14.0. The van der Waals surface area contributed by atoms with Crippen molar-refractivity contribution >= 4 is 22.7 Å². The van der Waals surface area contributed by atoms with E-state index in [9.17, 15) is 0 Å². The molecule has 2 aliphatic rings. The summed E-state index contributed by atoms with van der Waals surface area (Å²) in [7, 11) is 0. The van der Waals surface area contributed by atoms with Crippen molar-refractivity contribution in [1.82, 2.24) is 4.90 Å². The van der Waals surface area contributed by atoms with Gasteiger partial charge < -0.3 is 5.32 Å². The molecule has 2 aromatic rings. The summed E-state index contributed by atoms with van der Waals surface area (Å²) in [6.07, 6.45) is 1.33. The number of hydrogen-bond donors (Lipinski definition) is 2. The first-order valence-corrected chi connectivity index (χ1v) is 7.94. The lowest BCUT2D eigenvalue weighted by atomic mass is 10.0. The first-order chi connectivity index (χ1) is 9.81. The van der Waals surface area contributed by atoms with E-state index in [4.69, 9.17) is 5.41 Å². The van der Waals surface area contributed by atoms with E-state index in [1.807, 2.05) is 0 Å². The fourth-order valence-electron chi connectivity index (χ4n) is 2.87. The van der Waals surface area contributed by atoms with Gasteiger partial charge in [0.1, 0.15) is 0 Å². The third kappa shape index (κ3) is 1.96. The van der Waals surface area contributed by atoms with Crippen LogP contribution in [0.2, 0.25) is 0 Å². The van der Waals surface area contributed by atoms with Crippen LogP contribution < -0.4 is 5.32 Å². The van der Waals surface area contributed by atoms with Crippen LogP contribution in [-0.2, 0) is 13.1 Å². The number of nitrogens with one attached hydrogen (secondary N) is 2. The molecule has 1 saturated heterocycles. The van der Waals surface area contributed by atoms with Crippen molar-refractivity contribution in [3.8, 4) is 0 Å². The minimum Gasteiger partial charge on any atom is -0.380 e. The van der Waals surface area contributed by atoms with Gasteiger partial charge in [-0.1, -0.05) is 12.1 Å². The van der Waals surface area contributed by atoms with Crippen LogP contribution in [0.3, 0.4) is 0 Å². The van der Waals surface area contributed by atoms with E-state index in [2.05, 4.69) is 39.9 Å². The molecule has 0 atom stereocenters. The predicted molar refractivity (Wildman–Crippen MR) is 83.9 cm³/mol. The van der Waals surface area contributed by atoms with Crippen molar-refractivity contribution in [3.63, 3.8) is 0 Å². The molecular formula is C16H17N3S. The number of fused-ring (bicyclic) bond motifs is 2. The minimum atomic E-state index is 0.650. The Hall–Kier alpha value is -1.65. The maximum atomic E-state index is 8.42. The summed E-state index contributed by atoms with van der Waals surface area (Å²) >= 11 is 1.73. The van der Waals surface area contributed by atoms with Crippen LogP contribution in [0.5, 0.6) is 0 Å². The van der Waals surface area contributed by atoms with Crippen LogP contribution in [0.15, 0.2) is 29.6 Å². The molecule has 1 fully saturated rings. The Morgan fingerprint density at radius 2 is 2.10 bits per heavy atom. The molecule has 4 heteroatoms. The van der Waals surface area contributed by atoms with Gasteiger partial charge in [0.25, 0.3) is 0 Å². The van der Waals surface area contributed by atoms with Crippen LogP contribution in [0.25, 0.3) is 0 Å². The SMILES string of the molecule is N=C1c2ccc(CN3CCC3)cc2NCc2sccc21. The number of hydrogen-bond acceptors (Lipinski definition) is 4. The predicted octanol–water partition coefficient (Wildman–Crippen LogP) is 3.30. The molecule has 4 rings (SSSR count). The molecule has 102 valence electrons. The van der Waals surface area contributed by atoms with E-state index in [0.717, 1.165) is 29.9 Å². The van der Waals surface area contributed by atoms with Gasteiger partial charge in [-0.15, -0.1) is 11.3 Å². The van der Waals surface area contributed by atoms with Crippen molar-refractivity contribution in [2.24, 2.45) is 0 Å². The fourth-order valence-corrected chi connectivity index (χ4v) is 3.69. The van der Waals surface area contributed by atoms with E-state index in [-0.39, 0.29) is 0 Å². The molecule has 0 bridgehead atoms. The average Bonchev–Trinajstić information content (AvgIpc) is 2.84. The number of nitrogens with zero attached hydrogens (tertiary/aromatic N) is 1. The van der Waals surface area contributed by atoms with Gasteiger partial charge in [-0.3, -0.25) is 10.3 Å². The number of likely N-dealkylation sites (tertiary alicyclic amines) is 1. The smallest absolute Gasteiger partial charge is 0.0717 e. The lowest BCUT2D eigenvalue weighted by molar-refractivity contribution is 0.172. The second-order valence-corrected chi connectivity index (χ2v) is 6.50. The third-order valence-electron chi connectivity index (χ3n) is 4.16. The Labute approximate surface area is 122 Å². The Morgan fingerprint density at radius 3 is 2.90 bits per heavy atom. The van der Waals surface area contributed by atoms with E-state index in [1.54, 1.807) is 11.3 Å². The molecular weight excluding hydrogens is 266 g/mol. The van der Waals surface area contributed by atoms with Crippen LogP contribution in [0, 0.1) is 5.41 Å². The van der Waals surface area contributed by atoms with Gasteiger partial charge in [0, 0.05) is 28.2 Å². The summed E-state index contributed by atoms with van der Waals surface area (Å²) in [5.41, 5.74) is 5.20. The van der Waals surface area contributed by atoms with E-state index in [0.29, 0.717) is 5.71 Å². The molecule has 0 unspecified atom stereocenters. The van der Waals surface area contributed by atoms with E-state index in [1.165, 1.54) is 30.0 Å². The summed E-state index contributed by atoms with van der Waals surface area (Å²) in [6, 6.07) is 8.56. The Balaban J connectivity index is 1.68. The van der Waals surface area contributed by atoms with Gasteiger partial charge in [0.15, 0.2) is 0 Å². The molecule has 1 aromatic carbocycles. The van der Waals surface area contributed by atoms with Crippen molar-refractivity contribution < 1.29 is 0 Å². The number of anilines is 1. The quantitative estimate of drug-likeness (QED) is 0.887. The molecule has 20 heavy (non-hydrogen) atoms. The average molecular weight is 283 g/mol. The lowest BCUT2D eigenvalue weighted by Gasteiger charge is -2.30. The first kappa shape index (κ1) is 12.1. The zero-order chi connectivity index (χ0) is 13.5. The number of thiophene rings is 1. The monoisotopic (exact) mass is 283 g/mol. The van der Waals surface area contributed by atoms with Gasteiger partial charge >= 0.3 is 0 Å². The highest BCUT2D eigenvalue weighted by molar-refractivity contribution is 7.10. The maximum absolute atomic E-state index is 8.42. The molecule has 2 N–H and O–H groups in total. The first-order valence-electron chi connectivity index (χ1n) is 7.06. The highest BCUT2D eigenvalue weighted by Gasteiger charge is 2.20. The van der Waals surface area contributed by atoms with Crippen LogP contribution >= 0.6 is 11.3 Å². The van der Waals surface area contributed by atoms with Gasteiger partial charge in [-0.2, -0.15) is 0 Å². The largest absolute Gasteiger partial charge is 0.380 e. The maximum Gasteiger partial charge on any atom is 0.0717 e. The highest BCUT2D eigenvalue weighted by Crippen LogP contribution is 2.30. The summed E-state index contributed by atoms with van der Waals surface area (Å²) in [6.45, 7) is 4.30. The van der Waals surface area contributed by atoms with Crippen LogP contribution in [-0.4, -0.2) is 23.7 Å². The van der Waals surface area contributed by atoms with Crippen molar-refractivity contribution in [3.05, 3.63) is 51.2 Å². The number of rotatable bonds is 2. The molecule has 0 amide bonds.